The minimum atomic E-state index is -0.662. The van der Waals surface area contributed by atoms with Crippen LogP contribution in [0, 0.1) is 0 Å². The number of anilines is 1. The normalized spacial score (nSPS) is 15.8. The third-order valence-corrected chi connectivity index (χ3v) is 6.48. The Morgan fingerprint density at radius 3 is 2.59 bits per heavy atom. The summed E-state index contributed by atoms with van der Waals surface area (Å²) in [5, 5.41) is 3.33. The number of urea groups is 1. The van der Waals surface area contributed by atoms with Gasteiger partial charge in [0.1, 0.15) is 6.04 Å². The highest BCUT2D eigenvalue weighted by Gasteiger charge is 2.37. The molecule has 2 aromatic rings. The van der Waals surface area contributed by atoms with Crippen LogP contribution in [0.5, 0.6) is 0 Å². The Morgan fingerprint density at radius 1 is 1.18 bits per heavy atom. The highest BCUT2D eigenvalue weighted by Crippen LogP contribution is 2.27. The molecule has 3 rings (SSSR count). The van der Waals surface area contributed by atoms with E-state index in [4.69, 9.17) is 16.3 Å². The Hall–Kier alpha value is -3.06. The second-order valence-corrected chi connectivity index (χ2v) is 9.02. The first kappa shape index (κ1) is 25.6. The lowest BCUT2D eigenvalue weighted by Gasteiger charge is -2.40. The summed E-state index contributed by atoms with van der Waals surface area (Å²) in [6.45, 7) is 2.44. The van der Waals surface area contributed by atoms with Crippen molar-refractivity contribution in [1.29, 1.82) is 0 Å². The van der Waals surface area contributed by atoms with Crippen molar-refractivity contribution >= 4 is 35.2 Å². The molecule has 0 unspecified atom stereocenters. The molecule has 0 radical (unpaired) electrons. The van der Waals surface area contributed by atoms with E-state index in [0.29, 0.717) is 30.1 Å². The molecule has 1 heterocycles. The largest absolute Gasteiger partial charge is 0.469 e. The van der Waals surface area contributed by atoms with Gasteiger partial charge < -0.3 is 19.9 Å². The topological polar surface area (TPSA) is 79.0 Å². The molecule has 0 fully saturated rings. The van der Waals surface area contributed by atoms with Gasteiger partial charge in [-0.05, 0) is 42.2 Å². The van der Waals surface area contributed by atoms with Crippen LogP contribution in [-0.2, 0) is 27.3 Å². The van der Waals surface area contributed by atoms with Gasteiger partial charge in [0.2, 0.25) is 5.91 Å². The third kappa shape index (κ3) is 6.29. The predicted molar refractivity (Wildman–Crippen MR) is 133 cm³/mol. The molecule has 0 saturated heterocycles. The average Bonchev–Trinajstić information content (AvgIpc) is 2.83. The zero-order valence-electron chi connectivity index (χ0n) is 19.9. The number of carbonyl (C=O) groups is 3. The number of unbranched alkanes of at least 4 members (excludes halogenated alkanes) is 1. The predicted octanol–water partition coefficient (Wildman–Crippen LogP) is 4.88. The van der Waals surface area contributed by atoms with Crippen LogP contribution in [-0.4, -0.2) is 53.9 Å². The second-order valence-electron chi connectivity index (χ2n) is 8.58. The number of ether oxygens (including phenoxy) is 1. The lowest BCUT2D eigenvalue weighted by Crippen LogP contribution is -2.55. The molecule has 0 saturated carbocycles. The van der Waals surface area contributed by atoms with E-state index in [2.05, 4.69) is 5.32 Å². The van der Waals surface area contributed by atoms with Gasteiger partial charge in [-0.3, -0.25) is 9.59 Å². The summed E-state index contributed by atoms with van der Waals surface area (Å²) in [6.07, 6.45) is 2.88. The summed E-state index contributed by atoms with van der Waals surface area (Å²) in [4.78, 5) is 42.2. The average molecular weight is 486 g/mol. The highest BCUT2D eigenvalue weighted by molar-refractivity contribution is 6.30. The number of carbonyl (C=O) groups excluding carboxylic acids is 3. The maximum Gasteiger partial charge on any atom is 0.322 e. The quantitative estimate of drug-likeness (QED) is 0.540. The van der Waals surface area contributed by atoms with Gasteiger partial charge in [0.15, 0.2) is 0 Å². The number of hydrogen-bond acceptors (Lipinski definition) is 4. The Labute approximate surface area is 206 Å². The Kier molecular flexibility index (Phi) is 8.93. The molecule has 182 valence electrons. The summed E-state index contributed by atoms with van der Waals surface area (Å²) in [5.41, 5.74) is 2.73. The fraction of sp³-hybridized carbons (Fsp3) is 0.423. The van der Waals surface area contributed by atoms with Crippen molar-refractivity contribution in [3.8, 4) is 0 Å². The molecular formula is C26H32ClN3O4. The molecule has 34 heavy (non-hydrogen) atoms. The molecule has 2 atom stereocenters. The van der Waals surface area contributed by atoms with E-state index in [-0.39, 0.29) is 24.3 Å². The smallest absolute Gasteiger partial charge is 0.322 e. The number of fused-ring (bicyclic) bond motifs is 1. The van der Waals surface area contributed by atoms with Crippen LogP contribution < -0.4 is 5.32 Å². The standard InChI is InChI=1S/C26H32ClN3O4/c1-4-5-13-23(29(2)26(33)28-21-12-8-11-20(27)15-21)25(32)30-17-19-10-7-6-9-18(19)14-22(30)16-24(31)34-3/h6-12,15,22-23H,4-5,13-14,16-17H2,1-3H3,(H,28,33)/t22-,23+/m1/s1. The van der Waals surface area contributed by atoms with Gasteiger partial charge >= 0.3 is 12.0 Å². The van der Waals surface area contributed by atoms with Gasteiger partial charge in [0, 0.05) is 30.3 Å². The summed E-state index contributed by atoms with van der Waals surface area (Å²) < 4.78 is 4.89. The monoisotopic (exact) mass is 485 g/mol. The zero-order chi connectivity index (χ0) is 24.7. The SMILES string of the molecule is CCCC[C@@H](C(=O)N1Cc2ccccc2C[C@@H]1CC(=O)OC)N(C)C(=O)Nc1cccc(Cl)c1. The van der Waals surface area contributed by atoms with E-state index >= 15 is 0 Å². The van der Waals surface area contributed by atoms with Crippen LogP contribution >= 0.6 is 11.6 Å². The summed E-state index contributed by atoms with van der Waals surface area (Å²) >= 11 is 6.04. The molecule has 0 spiro atoms. The van der Waals surface area contributed by atoms with Crippen molar-refractivity contribution in [1.82, 2.24) is 9.80 Å². The molecule has 0 aliphatic carbocycles. The van der Waals surface area contributed by atoms with E-state index < -0.39 is 12.1 Å². The summed E-state index contributed by atoms with van der Waals surface area (Å²) in [6, 6.07) is 13.4. The number of amides is 3. The summed E-state index contributed by atoms with van der Waals surface area (Å²) in [5.74, 6) is -0.528. The number of rotatable bonds is 8. The number of hydrogen-bond donors (Lipinski definition) is 1. The Bertz CT molecular complexity index is 1030. The molecule has 1 N–H and O–H groups in total. The zero-order valence-corrected chi connectivity index (χ0v) is 20.7. The number of benzene rings is 2. The molecule has 8 heteroatoms. The van der Waals surface area contributed by atoms with Crippen molar-refractivity contribution in [3.63, 3.8) is 0 Å². The first-order chi connectivity index (χ1) is 16.3. The lowest BCUT2D eigenvalue weighted by atomic mass is 9.91. The van der Waals surface area contributed by atoms with Crippen molar-refractivity contribution in [2.75, 3.05) is 19.5 Å². The van der Waals surface area contributed by atoms with E-state index in [9.17, 15) is 14.4 Å². The van der Waals surface area contributed by atoms with Gasteiger partial charge in [-0.15, -0.1) is 0 Å². The molecule has 7 nitrogen and oxygen atoms in total. The fourth-order valence-electron chi connectivity index (χ4n) is 4.29. The second kappa shape index (κ2) is 11.9. The Balaban J connectivity index is 1.85. The van der Waals surface area contributed by atoms with Gasteiger partial charge in [0.25, 0.3) is 0 Å². The van der Waals surface area contributed by atoms with Crippen LogP contribution in [0.1, 0.15) is 43.7 Å². The van der Waals surface area contributed by atoms with Crippen molar-refractivity contribution in [3.05, 3.63) is 64.7 Å². The Morgan fingerprint density at radius 2 is 1.91 bits per heavy atom. The van der Waals surface area contributed by atoms with Crippen LogP contribution in [0.15, 0.2) is 48.5 Å². The first-order valence-electron chi connectivity index (χ1n) is 11.6. The van der Waals surface area contributed by atoms with Crippen molar-refractivity contribution in [2.24, 2.45) is 0 Å². The van der Waals surface area contributed by atoms with Gasteiger partial charge in [-0.1, -0.05) is 61.7 Å². The fourth-order valence-corrected chi connectivity index (χ4v) is 4.48. The van der Waals surface area contributed by atoms with Gasteiger partial charge in [-0.2, -0.15) is 0 Å². The molecule has 1 aliphatic rings. The number of halogens is 1. The van der Waals surface area contributed by atoms with Gasteiger partial charge in [0.05, 0.1) is 13.5 Å². The maximum atomic E-state index is 13.9. The van der Waals surface area contributed by atoms with Crippen molar-refractivity contribution in [2.45, 2.75) is 57.7 Å². The van der Waals surface area contributed by atoms with E-state index in [0.717, 1.165) is 24.0 Å². The van der Waals surface area contributed by atoms with E-state index in [1.807, 2.05) is 31.2 Å². The van der Waals surface area contributed by atoms with E-state index in [1.165, 1.54) is 12.0 Å². The minimum Gasteiger partial charge on any atom is -0.469 e. The van der Waals surface area contributed by atoms with E-state index in [1.54, 1.807) is 36.2 Å². The molecule has 0 bridgehead atoms. The number of likely N-dealkylation sites (N-methyl/N-ethyl adjacent to an activating group) is 1. The molecule has 3 amide bonds. The number of esters is 1. The minimum absolute atomic E-state index is 0.107. The highest BCUT2D eigenvalue weighted by atomic mass is 35.5. The third-order valence-electron chi connectivity index (χ3n) is 6.25. The van der Waals surface area contributed by atoms with Crippen LogP contribution in [0.25, 0.3) is 0 Å². The number of nitrogens with one attached hydrogen (secondary N) is 1. The summed E-state index contributed by atoms with van der Waals surface area (Å²) in [7, 11) is 2.98. The lowest BCUT2D eigenvalue weighted by molar-refractivity contribution is -0.146. The first-order valence-corrected chi connectivity index (χ1v) is 11.9. The molecule has 0 aromatic heterocycles. The van der Waals surface area contributed by atoms with Crippen LogP contribution in [0.3, 0.4) is 0 Å². The number of nitrogens with zero attached hydrogens (tertiary/aromatic N) is 2. The number of methoxy groups -OCH3 is 1. The molecular weight excluding hydrogens is 454 g/mol. The maximum absolute atomic E-state index is 13.9. The molecule has 2 aromatic carbocycles. The van der Waals surface area contributed by atoms with Crippen LogP contribution in [0.2, 0.25) is 5.02 Å². The molecule has 1 aliphatic heterocycles. The van der Waals surface area contributed by atoms with Crippen molar-refractivity contribution < 1.29 is 19.1 Å². The van der Waals surface area contributed by atoms with Crippen LogP contribution in [0.4, 0.5) is 10.5 Å². The van der Waals surface area contributed by atoms with Gasteiger partial charge in [-0.25, -0.2) is 4.79 Å².